The highest BCUT2D eigenvalue weighted by Crippen LogP contribution is 2.41. The number of nitrogens with zero attached hydrogens (tertiary/aromatic N) is 5. The maximum absolute atomic E-state index is 15.1. The zero-order chi connectivity index (χ0) is 29.9. The number of phenols is 1. The SMILES string of the molecule is Cc1c(-c2cc(O)cc3cccc(F)c23)oc(=O)c2c(N3CCCC(C#N)C3)nc(OC[C@@]34CCCN3C[C@H](F)C4)nc12. The number of aromatic nitrogens is 2. The lowest BCUT2D eigenvalue weighted by molar-refractivity contribution is 0.107. The molecule has 3 fully saturated rings. The topological polar surface area (TPSA) is 116 Å². The molecule has 3 aliphatic rings. The van der Waals surface area contributed by atoms with Gasteiger partial charge >= 0.3 is 11.6 Å². The van der Waals surface area contributed by atoms with E-state index in [0.717, 1.165) is 32.2 Å². The Morgan fingerprint density at radius 3 is 2.91 bits per heavy atom. The summed E-state index contributed by atoms with van der Waals surface area (Å²) >= 11 is 0. The first-order chi connectivity index (χ1) is 20.8. The number of aryl methyl sites for hydroxylation is 1. The number of nitriles is 1. The number of aromatic hydroxyl groups is 1. The van der Waals surface area contributed by atoms with E-state index in [1.54, 1.807) is 19.1 Å². The first-order valence-corrected chi connectivity index (χ1v) is 14.7. The largest absolute Gasteiger partial charge is 0.508 e. The van der Waals surface area contributed by atoms with Crippen molar-refractivity contribution < 1.29 is 23.0 Å². The number of benzene rings is 2. The summed E-state index contributed by atoms with van der Waals surface area (Å²) in [6.45, 7) is 4.08. The van der Waals surface area contributed by atoms with Gasteiger partial charge in [-0.05, 0) is 62.7 Å². The molecule has 0 bridgehead atoms. The van der Waals surface area contributed by atoms with Crippen LogP contribution in [0.3, 0.4) is 0 Å². The highest BCUT2D eigenvalue weighted by molar-refractivity contribution is 6.00. The third kappa shape index (κ3) is 4.65. The molecule has 11 heteroatoms. The molecule has 2 aromatic carbocycles. The molecule has 9 nitrogen and oxygen atoms in total. The van der Waals surface area contributed by atoms with Gasteiger partial charge < -0.3 is 19.2 Å². The Kier molecular flexibility index (Phi) is 6.69. The van der Waals surface area contributed by atoms with Crippen LogP contribution < -0.4 is 15.3 Å². The number of ether oxygens (including phenoxy) is 1. The lowest BCUT2D eigenvalue weighted by Crippen LogP contribution is -2.43. The van der Waals surface area contributed by atoms with Gasteiger partial charge in [0, 0.05) is 42.6 Å². The average Bonchev–Trinajstić information content (AvgIpc) is 3.52. The van der Waals surface area contributed by atoms with Crippen LogP contribution in [-0.2, 0) is 0 Å². The Hall–Kier alpha value is -4.30. The number of phenolic OH excluding ortho intramolecular Hbond substituents is 1. The van der Waals surface area contributed by atoms with E-state index in [4.69, 9.17) is 9.15 Å². The monoisotopic (exact) mass is 587 g/mol. The van der Waals surface area contributed by atoms with Crippen LogP contribution >= 0.6 is 0 Å². The number of anilines is 1. The van der Waals surface area contributed by atoms with Crippen molar-refractivity contribution in [3.63, 3.8) is 0 Å². The smallest absolute Gasteiger partial charge is 0.349 e. The Morgan fingerprint density at radius 1 is 1.21 bits per heavy atom. The van der Waals surface area contributed by atoms with Crippen LogP contribution in [0.4, 0.5) is 14.6 Å². The number of hydrogen-bond donors (Lipinski definition) is 1. The van der Waals surface area contributed by atoms with Gasteiger partial charge in [-0.3, -0.25) is 4.90 Å². The Balaban J connectivity index is 1.40. The zero-order valence-electron chi connectivity index (χ0n) is 23.8. The molecule has 0 amide bonds. The van der Waals surface area contributed by atoms with Crippen LogP contribution in [0.1, 0.15) is 37.7 Å². The van der Waals surface area contributed by atoms with Crippen molar-refractivity contribution in [3.05, 3.63) is 52.1 Å². The minimum Gasteiger partial charge on any atom is -0.508 e. The molecule has 1 unspecified atom stereocenters. The molecule has 4 aromatic rings. The van der Waals surface area contributed by atoms with Gasteiger partial charge in [0.05, 0.1) is 23.0 Å². The lowest BCUT2D eigenvalue weighted by atomic mass is 9.95. The van der Waals surface area contributed by atoms with Crippen molar-refractivity contribution in [2.24, 2.45) is 5.92 Å². The number of alkyl halides is 1. The molecule has 0 saturated carbocycles. The molecular weight excluding hydrogens is 556 g/mol. The normalized spacial score (nSPS) is 24.0. The fourth-order valence-corrected chi connectivity index (χ4v) is 7.23. The maximum Gasteiger partial charge on any atom is 0.349 e. The van der Waals surface area contributed by atoms with Gasteiger partial charge in [0.2, 0.25) is 0 Å². The van der Waals surface area contributed by atoms with E-state index in [2.05, 4.69) is 20.9 Å². The minimum absolute atomic E-state index is 0.0386. The molecule has 0 aliphatic carbocycles. The van der Waals surface area contributed by atoms with Crippen molar-refractivity contribution in [2.75, 3.05) is 37.7 Å². The molecule has 43 heavy (non-hydrogen) atoms. The van der Waals surface area contributed by atoms with E-state index in [-0.39, 0.29) is 51.9 Å². The summed E-state index contributed by atoms with van der Waals surface area (Å²) in [5.74, 6) is -0.485. The predicted molar refractivity (Wildman–Crippen MR) is 156 cm³/mol. The summed E-state index contributed by atoms with van der Waals surface area (Å²) in [6.07, 6.45) is 2.73. The average molecular weight is 588 g/mol. The first-order valence-electron chi connectivity index (χ1n) is 14.7. The van der Waals surface area contributed by atoms with E-state index < -0.39 is 23.2 Å². The summed E-state index contributed by atoms with van der Waals surface area (Å²) < 4.78 is 41.6. The third-order valence-electron chi connectivity index (χ3n) is 9.25. The summed E-state index contributed by atoms with van der Waals surface area (Å²) in [5, 5.41) is 20.9. The van der Waals surface area contributed by atoms with E-state index in [0.29, 0.717) is 42.8 Å². The Bertz CT molecular complexity index is 1860. The highest BCUT2D eigenvalue weighted by Gasteiger charge is 2.49. The predicted octanol–water partition coefficient (Wildman–Crippen LogP) is 5.25. The van der Waals surface area contributed by atoms with E-state index >= 15 is 4.39 Å². The standard InChI is InChI=1S/C32H31F2N5O4/c1-18-27-26(30(41)43-28(18)23-12-22(40)11-20-6-2-7-24(34)25(20)23)29(38-9-3-5-19(14-35)15-38)37-31(36-27)42-17-32-8-4-10-39(32)16-21(33)13-32/h2,6-7,11-12,19,21,40H,3-5,8-10,13,15-17H2,1H3/t19?,21-,32+/m1/s1. The first kappa shape index (κ1) is 27.5. The van der Waals surface area contributed by atoms with Crippen LogP contribution in [0, 0.1) is 30.0 Å². The van der Waals surface area contributed by atoms with Crippen LogP contribution in [-0.4, -0.2) is 64.5 Å². The highest BCUT2D eigenvalue weighted by atomic mass is 19.1. The second-order valence-corrected chi connectivity index (χ2v) is 12.0. The van der Waals surface area contributed by atoms with Gasteiger partial charge in [0.1, 0.15) is 35.5 Å². The minimum atomic E-state index is -0.916. The molecule has 3 atom stereocenters. The van der Waals surface area contributed by atoms with Crippen molar-refractivity contribution in [1.82, 2.24) is 14.9 Å². The van der Waals surface area contributed by atoms with E-state index in [1.165, 1.54) is 18.2 Å². The van der Waals surface area contributed by atoms with Crippen LogP contribution in [0.25, 0.3) is 33.0 Å². The molecule has 222 valence electrons. The molecule has 0 radical (unpaired) electrons. The van der Waals surface area contributed by atoms with E-state index in [1.807, 2.05) is 4.90 Å². The summed E-state index contributed by atoms with van der Waals surface area (Å²) in [7, 11) is 0. The Morgan fingerprint density at radius 2 is 2.07 bits per heavy atom. The summed E-state index contributed by atoms with van der Waals surface area (Å²) in [6, 6.07) is 9.69. The molecule has 3 aliphatic heterocycles. The summed E-state index contributed by atoms with van der Waals surface area (Å²) in [4.78, 5) is 27.1. The number of halogens is 2. The van der Waals surface area contributed by atoms with Gasteiger partial charge in [-0.2, -0.15) is 15.2 Å². The van der Waals surface area contributed by atoms with Crippen LogP contribution in [0.5, 0.6) is 11.8 Å². The van der Waals surface area contributed by atoms with Gasteiger partial charge in [-0.25, -0.2) is 13.6 Å². The molecule has 3 saturated heterocycles. The molecule has 1 N–H and O–H groups in total. The zero-order valence-corrected chi connectivity index (χ0v) is 23.8. The Labute approximate surface area is 246 Å². The van der Waals surface area contributed by atoms with E-state index in [9.17, 15) is 19.6 Å². The third-order valence-corrected chi connectivity index (χ3v) is 9.25. The van der Waals surface area contributed by atoms with Crippen molar-refractivity contribution in [1.29, 1.82) is 5.26 Å². The van der Waals surface area contributed by atoms with Gasteiger partial charge in [-0.1, -0.05) is 12.1 Å². The fraction of sp³-hybridized carbons (Fsp3) is 0.438. The van der Waals surface area contributed by atoms with Gasteiger partial charge in [-0.15, -0.1) is 0 Å². The number of hydrogen-bond acceptors (Lipinski definition) is 9. The van der Waals surface area contributed by atoms with Crippen molar-refractivity contribution in [2.45, 2.75) is 50.7 Å². The second kappa shape index (κ2) is 10.5. The van der Waals surface area contributed by atoms with Gasteiger partial charge in [0.15, 0.2) is 5.82 Å². The van der Waals surface area contributed by atoms with Gasteiger partial charge in [0.25, 0.3) is 0 Å². The number of piperidine rings is 1. The van der Waals surface area contributed by atoms with Crippen LogP contribution in [0.15, 0.2) is 39.5 Å². The number of fused-ring (bicyclic) bond motifs is 3. The molecule has 2 aromatic heterocycles. The van der Waals surface area contributed by atoms with Crippen LogP contribution in [0.2, 0.25) is 0 Å². The molecule has 5 heterocycles. The lowest BCUT2D eigenvalue weighted by Gasteiger charge is -2.32. The quantitative estimate of drug-likeness (QED) is 0.334. The summed E-state index contributed by atoms with van der Waals surface area (Å²) in [5.41, 5.74) is -0.218. The molecule has 0 spiro atoms. The van der Waals surface area contributed by atoms with Crippen molar-refractivity contribution in [3.8, 4) is 29.2 Å². The fourth-order valence-electron chi connectivity index (χ4n) is 7.23. The second-order valence-electron chi connectivity index (χ2n) is 12.0. The number of rotatable bonds is 5. The molecule has 7 rings (SSSR count). The van der Waals surface area contributed by atoms with Crippen molar-refractivity contribution >= 4 is 27.5 Å². The molecular formula is C32H31F2N5O4. The maximum atomic E-state index is 15.1.